The maximum atomic E-state index is 10.3. The molecule has 1 aliphatic heterocycles. The number of hydrogen-bond donors (Lipinski definition) is 3. The molecular weight excluding hydrogens is 376 g/mol. The molecule has 10 heteroatoms. The van der Waals surface area contributed by atoms with Crippen molar-refractivity contribution < 1.29 is 24.8 Å². The Morgan fingerprint density at radius 1 is 1.15 bits per heavy atom. The van der Waals surface area contributed by atoms with E-state index in [-0.39, 0.29) is 17.6 Å². The van der Waals surface area contributed by atoms with E-state index < -0.39 is 31.1 Å². The van der Waals surface area contributed by atoms with Crippen LogP contribution >= 0.6 is 11.6 Å². The molecule has 27 heavy (non-hydrogen) atoms. The quantitative estimate of drug-likeness (QED) is 0.579. The molecular formula is C17H17ClN4O5. The molecule has 1 fully saturated rings. The highest BCUT2D eigenvalue weighted by Crippen LogP contribution is 2.35. The van der Waals surface area contributed by atoms with Gasteiger partial charge in [0.25, 0.3) is 5.88 Å². The predicted octanol–water partition coefficient (Wildman–Crippen LogP) is 0.670. The van der Waals surface area contributed by atoms with Crippen LogP contribution in [0.15, 0.2) is 36.7 Å². The van der Waals surface area contributed by atoms with Gasteiger partial charge in [-0.1, -0.05) is 41.9 Å². The van der Waals surface area contributed by atoms with Crippen LogP contribution in [0.2, 0.25) is 5.15 Å². The van der Waals surface area contributed by atoms with Gasteiger partial charge < -0.3 is 24.8 Å². The number of fused-ring (bicyclic) bond motifs is 1. The van der Waals surface area contributed by atoms with Crippen molar-refractivity contribution in [2.24, 2.45) is 0 Å². The van der Waals surface area contributed by atoms with E-state index in [9.17, 15) is 15.3 Å². The van der Waals surface area contributed by atoms with Crippen molar-refractivity contribution in [3.8, 4) is 5.88 Å². The van der Waals surface area contributed by atoms with E-state index in [0.717, 1.165) is 5.56 Å². The summed E-state index contributed by atoms with van der Waals surface area (Å²) in [4.78, 5) is 4.20. The fraction of sp³-hybridized carbons (Fsp3) is 0.353. The van der Waals surface area contributed by atoms with Crippen LogP contribution in [0.25, 0.3) is 11.0 Å². The first kappa shape index (κ1) is 18.1. The molecule has 4 atom stereocenters. The fourth-order valence-electron chi connectivity index (χ4n) is 3.03. The lowest BCUT2D eigenvalue weighted by Gasteiger charge is -2.18. The average molecular weight is 393 g/mol. The number of imidazole rings is 1. The highest BCUT2D eigenvalue weighted by atomic mass is 35.5. The molecule has 0 aliphatic carbocycles. The summed E-state index contributed by atoms with van der Waals surface area (Å²) in [6.45, 7) is -0.188. The highest BCUT2D eigenvalue weighted by Gasteiger charge is 2.44. The summed E-state index contributed by atoms with van der Waals surface area (Å²) in [6.07, 6.45) is -3.01. The number of aromatic nitrogens is 4. The van der Waals surface area contributed by atoms with Gasteiger partial charge in [-0.25, -0.2) is 4.98 Å². The molecule has 0 bridgehead atoms. The number of ether oxygens (including phenoxy) is 2. The Labute approximate surface area is 158 Å². The summed E-state index contributed by atoms with van der Waals surface area (Å²) in [7, 11) is 0. The third-order valence-corrected chi connectivity index (χ3v) is 4.68. The Balaban J connectivity index is 1.71. The smallest absolute Gasteiger partial charge is 0.260 e. The van der Waals surface area contributed by atoms with Crippen LogP contribution in [-0.4, -0.2) is 60.0 Å². The maximum Gasteiger partial charge on any atom is 0.260 e. The lowest BCUT2D eigenvalue weighted by atomic mass is 10.1. The number of aliphatic hydroxyl groups is 3. The summed E-state index contributed by atoms with van der Waals surface area (Å²) in [6, 6.07) is 9.50. The zero-order valence-corrected chi connectivity index (χ0v) is 14.8. The molecule has 4 rings (SSSR count). The second kappa shape index (κ2) is 7.37. The van der Waals surface area contributed by atoms with E-state index in [4.69, 9.17) is 21.1 Å². The third kappa shape index (κ3) is 3.24. The van der Waals surface area contributed by atoms with Crippen molar-refractivity contribution in [1.82, 2.24) is 19.7 Å². The number of nitrogens with zero attached hydrogens (tertiary/aromatic N) is 4. The normalized spacial score (nSPS) is 25.2. The number of halogens is 1. The molecule has 3 N–H and O–H groups in total. The van der Waals surface area contributed by atoms with Crippen molar-refractivity contribution >= 4 is 22.6 Å². The van der Waals surface area contributed by atoms with Gasteiger partial charge in [-0.05, 0) is 5.56 Å². The van der Waals surface area contributed by atoms with E-state index in [1.165, 1.54) is 10.9 Å². The summed E-state index contributed by atoms with van der Waals surface area (Å²) in [5.74, 6) is 0.161. The van der Waals surface area contributed by atoms with Crippen LogP contribution in [0.4, 0.5) is 0 Å². The predicted molar refractivity (Wildman–Crippen MR) is 94.1 cm³/mol. The SMILES string of the molecule is OC[C@H]1O[C@@H](n2cnc3c(Cl)nnc(OCc4ccccc4)c32)[C@H](O)[C@@H]1O. The van der Waals surface area contributed by atoms with Crippen LogP contribution < -0.4 is 4.74 Å². The number of aliphatic hydroxyl groups excluding tert-OH is 3. The Morgan fingerprint density at radius 2 is 1.93 bits per heavy atom. The van der Waals surface area contributed by atoms with Crippen molar-refractivity contribution in [1.29, 1.82) is 0 Å². The lowest BCUT2D eigenvalue weighted by molar-refractivity contribution is -0.0510. The Morgan fingerprint density at radius 3 is 2.63 bits per heavy atom. The molecule has 0 unspecified atom stereocenters. The molecule has 9 nitrogen and oxygen atoms in total. The Kier molecular flexibility index (Phi) is 4.94. The van der Waals surface area contributed by atoms with E-state index in [1.807, 2.05) is 30.3 Å². The summed E-state index contributed by atoms with van der Waals surface area (Å²) in [5, 5.41) is 37.6. The molecule has 1 aromatic carbocycles. The maximum absolute atomic E-state index is 10.3. The van der Waals surface area contributed by atoms with Crippen molar-refractivity contribution in [2.75, 3.05) is 6.61 Å². The van der Waals surface area contributed by atoms with E-state index in [1.54, 1.807) is 0 Å². The Bertz CT molecular complexity index is 938. The first-order valence-electron chi connectivity index (χ1n) is 8.28. The average Bonchev–Trinajstić information content (AvgIpc) is 3.25. The molecule has 142 valence electrons. The zero-order chi connectivity index (χ0) is 19.0. The van der Waals surface area contributed by atoms with Crippen LogP contribution in [0.1, 0.15) is 11.8 Å². The van der Waals surface area contributed by atoms with Crippen LogP contribution in [-0.2, 0) is 11.3 Å². The summed E-state index contributed by atoms with van der Waals surface area (Å²) >= 11 is 6.09. The molecule has 0 saturated carbocycles. The molecule has 2 aromatic heterocycles. The highest BCUT2D eigenvalue weighted by molar-refractivity contribution is 6.33. The topological polar surface area (TPSA) is 123 Å². The minimum atomic E-state index is -1.27. The van der Waals surface area contributed by atoms with Gasteiger partial charge in [0.15, 0.2) is 11.4 Å². The molecule has 1 saturated heterocycles. The van der Waals surface area contributed by atoms with E-state index in [0.29, 0.717) is 11.0 Å². The standard InChI is InChI=1S/C17H17ClN4O5/c18-15-11-12(16(21-20-15)26-7-9-4-2-1-3-5-9)22(8-19-11)17-14(25)13(24)10(6-23)27-17/h1-5,8,10,13-14,17,23-25H,6-7H2/t10-,13-,14-,17-/m1/s1. The second-order valence-corrected chi connectivity index (χ2v) is 6.51. The molecule has 0 radical (unpaired) electrons. The number of rotatable bonds is 5. The lowest BCUT2D eigenvalue weighted by Crippen LogP contribution is -2.33. The van der Waals surface area contributed by atoms with Gasteiger partial charge in [0, 0.05) is 0 Å². The van der Waals surface area contributed by atoms with Gasteiger partial charge in [0.1, 0.15) is 36.0 Å². The van der Waals surface area contributed by atoms with Crippen LogP contribution in [0, 0.1) is 0 Å². The first-order valence-corrected chi connectivity index (χ1v) is 8.66. The molecule has 0 spiro atoms. The largest absolute Gasteiger partial charge is 0.470 e. The van der Waals surface area contributed by atoms with Gasteiger partial charge >= 0.3 is 0 Å². The van der Waals surface area contributed by atoms with Gasteiger partial charge in [0.2, 0.25) is 0 Å². The van der Waals surface area contributed by atoms with Crippen molar-refractivity contribution in [3.63, 3.8) is 0 Å². The monoisotopic (exact) mass is 392 g/mol. The van der Waals surface area contributed by atoms with E-state index in [2.05, 4.69) is 15.2 Å². The number of benzene rings is 1. The minimum Gasteiger partial charge on any atom is -0.470 e. The van der Waals surface area contributed by atoms with Gasteiger partial charge in [-0.15, -0.1) is 10.2 Å². The fourth-order valence-corrected chi connectivity index (χ4v) is 3.21. The second-order valence-electron chi connectivity index (χ2n) is 6.15. The van der Waals surface area contributed by atoms with Gasteiger partial charge in [-0.2, -0.15) is 0 Å². The van der Waals surface area contributed by atoms with Crippen LogP contribution in [0.3, 0.4) is 0 Å². The minimum absolute atomic E-state index is 0.0718. The first-order chi connectivity index (χ1) is 13.1. The van der Waals surface area contributed by atoms with E-state index >= 15 is 0 Å². The molecule has 0 amide bonds. The summed E-state index contributed by atoms with van der Waals surface area (Å²) in [5.41, 5.74) is 1.63. The molecule has 3 aromatic rings. The van der Waals surface area contributed by atoms with Crippen molar-refractivity contribution in [2.45, 2.75) is 31.1 Å². The van der Waals surface area contributed by atoms with Gasteiger partial charge in [-0.3, -0.25) is 4.57 Å². The molecule has 1 aliphatic rings. The third-order valence-electron chi connectivity index (χ3n) is 4.43. The van der Waals surface area contributed by atoms with Gasteiger partial charge in [0.05, 0.1) is 12.9 Å². The molecule has 3 heterocycles. The number of hydrogen-bond acceptors (Lipinski definition) is 8. The van der Waals surface area contributed by atoms with Crippen LogP contribution in [0.5, 0.6) is 5.88 Å². The zero-order valence-electron chi connectivity index (χ0n) is 14.0. The van der Waals surface area contributed by atoms with Crippen molar-refractivity contribution in [3.05, 3.63) is 47.4 Å². The summed E-state index contributed by atoms with van der Waals surface area (Å²) < 4.78 is 12.8. The Hall–Kier alpha value is -2.30.